The van der Waals surface area contributed by atoms with Crippen LogP contribution in [-0.4, -0.2) is 62.0 Å². The van der Waals surface area contributed by atoms with Crippen LogP contribution >= 0.6 is 11.6 Å². The molecule has 0 aliphatic carbocycles. The number of anilines is 2. The van der Waals surface area contributed by atoms with Crippen LogP contribution in [0.1, 0.15) is 15.9 Å². The maximum atomic E-state index is 13.3. The van der Waals surface area contributed by atoms with Crippen LogP contribution in [0.5, 0.6) is 0 Å². The van der Waals surface area contributed by atoms with Crippen LogP contribution in [0.2, 0.25) is 5.02 Å². The van der Waals surface area contributed by atoms with Gasteiger partial charge in [-0.25, -0.2) is 0 Å². The van der Waals surface area contributed by atoms with E-state index in [1.54, 1.807) is 17.0 Å². The molecule has 2 amide bonds. The Kier molecular flexibility index (Phi) is 7.02. The summed E-state index contributed by atoms with van der Waals surface area (Å²) in [6.45, 7) is 5.03. The average Bonchev–Trinajstić information content (AvgIpc) is 3.29. The van der Waals surface area contributed by atoms with Gasteiger partial charge in [0.05, 0.1) is 0 Å². The standard InChI is InChI=1S/C28H29ClN4O2/c29-23-10-6-11-24(20-23)32-17-15-31(16-18-32)14-13-30-27(34)26-19-22-9-4-5-12-25(22)33(26)28(35)21-7-2-1-3-8-21/h1-12,20,26H,13-19H2,(H,30,34). The fourth-order valence-corrected chi connectivity index (χ4v) is 5.11. The number of benzene rings is 3. The van der Waals surface area contributed by atoms with Crippen LogP contribution < -0.4 is 15.1 Å². The number of nitrogens with one attached hydrogen (secondary N) is 1. The van der Waals surface area contributed by atoms with Crippen molar-refractivity contribution in [3.05, 3.63) is 95.0 Å². The second-order valence-corrected chi connectivity index (χ2v) is 9.43. The Morgan fingerprint density at radius 2 is 1.63 bits per heavy atom. The second kappa shape index (κ2) is 10.5. The number of para-hydroxylation sites is 1. The summed E-state index contributed by atoms with van der Waals surface area (Å²) in [7, 11) is 0. The zero-order valence-electron chi connectivity index (χ0n) is 19.6. The molecule has 180 valence electrons. The molecule has 0 saturated carbocycles. The highest BCUT2D eigenvalue weighted by Gasteiger charge is 2.38. The molecule has 35 heavy (non-hydrogen) atoms. The second-order valence-electron chi connectivity index (χ2n) is 8.99. The molecule has 1 N–H and O–H groups in total. The summed E-state index contributed by atoms with van der Waals surface area (Å²) in [5.74, 6) is -0.254. The van der Waals surface area contributed by atoms with Gasteiger partial charge in [-0.05, 0) is 42.0 Å². The summed E-state index contributed by atoms with van der Waals surface area (Å²) in [4.78, 5) is 32.9. The third-order valence-corrected chi connectivity index (χ3v) is 7.03. The van der Waals surface area contributed by atoms with Gasteiger partial charge in [-0.3, -0.25) is 19.4 Å². The Morgan fingerprint density at radius 3 is 2.40 bits per heavy atom. The van der Waals surface area contributed by atoms with Crippen LogP contribution in [0.3, 0.4) is 0 Å². The van der Waals surface area contributed by atoms with E-state index in [0.717, 1.165) is 54.7 Å². The van der Waals surface area contributed by atoms with Gasteiger partial charge in [-0.2, -0.15) is 0 Å². The maximum absolute atomic E-state index is 13.3. The van der Waals surface area contributed by atoms with Gasteiger partial charge in [-0.15, -0.1) is 0 Å². The van der Waals surface area contributed by atoms with Crippen LogP contribution in [0, 0.1) is 0 Å². The Hall–Kier alpha value is -3.35. The van der Waals surface area contributed by atoms with Crippen molar-refractivity contribution in [3.63, 3.8) is 0 Å². The van der Waals surface area contributed by atoms with E-state index in [2.05, 4.69) is 21.2 Å². The Balaban J connectivity index is 1.17. The van der Waals surface area contributed by atoms with Gasteiger partial charge in [0.15, 0.2) is 0 Å². The lowest BCUT2D eigenvalue weighted by Gasteiger charge is -2.36. The van der Waals surface area contributed by atoms with Crippen LogP contribution in [0.15, 0.2) is 78.9 Å². The zero-order valence-corrected chi connectivity index (χ0v) is 20.3. The van der Waals surface area contributed by atoms with Crippen molar-refractivity contribution >= 4 is 34.8 Å². The van der Waals surface area contributed by atoms with Crippen molar-refractivity contribution < 1.29 is 9.59 Å². The molecule has 2 heterocycles. The lowest BCUT2D eigenvalue weighted by Crippen LogP contribution is -2.51. The highest BCUT2D eigenvalue weighted by atomic mass is 35.5. The van der Waals surface area contributed by atoms with E-state index in [0.29, 0.717) is 18.5 Å². The summed E-state index contributed by atoms with van der Waals surface area (Å²) in [5.41, 5.74) is 3.57. The number of carbonyl (C=O) groups excluding carboxylic acids is 2. The third kappa shape index (κ3) is 5.19. The molecule has 0 radical (unpaired) electrons. The molecule has 0 bridgehead atoms. The fourth-order valence-electron chi connectivity index (χ4n) is 4.92. The van der Waals surface area contributed by atoms with Gasteiger partial charge in [0.2, 0.25) is 5.91 Å². The molecule has 1 unspecified atom stereocenters. The molecule has 2 aliphatic heterocycles. The van der Waals surface area contributed by atoms with E-state index in [1.807, 2.05) is 60.7 Å². The topological polar surface area (TPSA) is 55.9 Å². The minimum Gasteiger partial charge on any atom is -0.369 e. The SMILES string of the molecule is O=C(NCCN1CCN(c2cccc(Cl)c2)CC1)C1Cc2ccccc2N1C(=O)c1ccccc1. The van der Waals surface area contributed by atoms with Crippen LogP contribution in [-0.2, 0) is 11.2 Å². The van der Waals surface area contributed by atoms with Crippen molar-refractivity contribution in [2.24, 2.45) is 0 Å². The Labute approximate surface area is 211 Å². The summed E-state index contributed by atoms with van der Waals surface area (Å²) in [6.07, 6.45) is 0.527. The van der Waals surface area contributed by atoms with Crippen molar-refractivity contribution in [3.8, 4) is 0 Å². The van der Waals surface area contributed by atoms with Crippen molar-refractivity contribution in [1.82, 2.24) is 10.2 Å². The first-order valence-corrected chi connectivity index (χ1v) is 12.4. The Morgan fingerprint density at radius 1 is 0.886 bits per heavy atom. The van der Waals surface area contributed by atoms with Crippen LogP contribution in [0.4, 0.5) is 11.4 Å². The lowest BCUT2D eigenvalue weighted by molar-refractivity contribution is -0.122. The van der Waals surface area contributed by atoms with Gasteiger partial charge in [0.25, 0.3) is 5.91 Å². The number of amides is 2. The zero-order chi connectivity index (χ0) is 24.2. The molecule has 6 nitrogen and oxygen atoms in total. The predicted octanol–water partition coefficient (Wildman–Crippen LogP) is 3.85. The molecule has 1 atom stereocenters. The predicted molar refractivity (Wildman–Crippen MR) is 140 cm³/mol. The molecule has 1 fully saturated rings. The number of rotatable bonds is 6. The van der Waals surface area contributed by atoms with E-state index in [9.17, 15) is 9.59 Å². The monoisotopic (exact) mass is 488 g/mol. The smallest absolute Gasteiger partial charge is 0.259 e. The molecular weight excluding hydrogens is 460 g/mol. The molecule has 3 aromatic carbocycles. The highest BCUT2D eigenvalue weighted by molar-refractivity contribution is 6.30. The molecular formula is C28H29ClN4O2. The summed E-state index contributed by atoms with van der Waals surface area (Å²) < 4.78 is 0. The van der Waals surface area contributed by atoms with Gasteiger partial charge in [-0.1, -0.05) is 54.1 Å². The maximum Gasteiger partial charge on any atom is 0.259 e. The lowest BCUT2D eigenvalue weighted by atomic mass is 10.1. The number of hydrogen-bond donors (Lipinski definition) is 1. The number of fused-ring (bicyclic) bond motifs is 1. The van der Waals surface area contributed by atoms with Crippen molar-refractivity contribution in [1.29, 1.82) is 0 Å². The van der Waals surface area contributed by atoms with E-state index in [-0.39, 0.29) is 11.8 Å². The van der Waals surface area contributed by atoms with E-state index >= 15 is 0 Å². The first-order chi connectivity index (χ1) is 17.1. The third-order valence-electron chi connectivity index (χ3n) is 6.79. The minimum atomic E-state index is -0.542. The minimum absolute atomic E-state index is 0.108. The first-order valence-electron chi connectivity index (χ1n) is 12.1. The number of carbonyl (C=O) groups is 2. The summed E-state index contributed by atoms with van der Waals surface area (Å²) in [6, 6.07) is 24.3. The van der Waals surface area contributed by atoms with Gasteiger partial charge >= 0.3 is 0 Å². The van der Waals surface area contributed by atoms with E-state index in [4.69, 9.17) is 11.6 Å². The molecule has 5 rings (SSSR count). The van der Waals surface area contributed by atoms with Gasteiger partial charge in [0.1, 0.15) is 6.04 Å². The fraction of sp³-hybridized carbons (Fsp3) is 0.286. The molecule has 7 heteroatoms. The summed E-state index contributed by atoms with van der Waals surface area (Å²) in [5, 5.41) is 3.84. The molecule has 0 aromatic heterocycles. The number of halogens is 1. The Bertz CT molecular complexity index is 1190. The number of hydrogen-bond acceptors (Lipinski definition) is 4. The van der Waals surface area contributed by atoms with E-state index < -0.39 is 6.04 Å². The van der Waals surface area contributed by atoms with Crippen LogP contribution in [0.25, 0.3) is 0 Å². The molecule has 3 aromatic rings. The van der Waals surface area contributed by atoms with Gasteiger partial charge < -0.3 is 10.2 Å². The number of nitrogens with zero attached hydrogens (tertiary/aromatic N) is 3. The van der Waals surface area contributed by atoms with Gasteiger partial charge in [0, 0.05) is 67.7 Å². The highest BCUT2D eigenvalue weighted by Crippen LogP contribution is 2.33. The molecule has 1 saturated heterocycles. The quantitative estimate of drug-likeness (QED) is 0.572. The van der Waals surface area contributed by atoms with Crippen molar-refractivity contribution in [2.75, 3.05) is 49.1 Å². The normalized spacial score (nSPS) is 17.8. The molecule has 0 spiro atoms. The summed E-state index contributed by atoms with van der Waals surface area (Å²) >= 11 is 6.14. The van der Waals surface area contributed by atoms with Crippen molar-refractivity contribution in [2.45, 2.75) is 12.5 Å². The molecule has 2 aliphatic rings. The first kappa shape index (κ1) is 23.4. The average molecular weight is 489 g/mol. The number of piperazine rings is 1. The largest absolute Gasteiger partial charge is 0.369 e. The van der Waals surface area contributed by atoms with E-state index in [1.165, 1.54) is 0 Å².